The lowest BCUT2D eigenvalue weighted by Crippen LogP contribution is -2.41. The number of nitrogens with zero attached hydrogens (tertiary/aromatic N) is 1. The van der Waals surface area contributed by atoms with Crippen molar-refractivity contribution in [1.82, 2.24) is 5.32 Å². The maximum absolute atomic E-state index is 4.71. The van der Waals surface area contributed by atoms with Crippen LogP contribution in [-0.2, 0) is 12.0 Å². The van der Waals surface area contributed by atoms with Crippen LogP contribution in [0.3, 0.4) is 0 Å². The van der Waals surface area contributed by atoms with E-state index < -0.39 is 0 Å². The summed E-state index contributed by atoms with van der Waals surface area (Å²) in [5.74, 6) is 0. The van der Waals surface area contributed by atoms with Crippen molar-refractivity contribution in [2.24, 2.45) is 4.99 Å². The van der Waals surface area contributed by atoms with Gasteiger partial charge in [0.2, 0.25) is 0 Å². The van der Waals surface area contributed by atoms with Gasteiger partial charge in [-0.05, 0) is 59.9 Å². The zero-order valence-corrected chi connectivity index (χ0v) is 12.0. The molecule has 0 fully saturated rings. The van der Waals surface area contributed by atoms with Crippen LogP contribution in [0.1, 0.15) is 35.2 Å². The van der Waals surface area contributed by atoms with Gasteiger partial charge in [-0.25, -0.2) is 0 Å². The molecule has 2 aromatic rings. The Morgan fingerprint density at radius 2 is 2.10 bits per heavy atom. The number of thiocarbonyl (C=S) groups is 1. The van der Waals surface area contributed by atoms with E-state index in [0.29, 0.717) is 6.04 Å². The van der Waals surface area contributed by atoms with Gasteiger partial charge in [-0.15, -0.1) is 0 Å². The quantitative estimate of drug-likeness (QED) is 0.632. The summed E-state index contributed by atoms with van der Waals surface area (Å²) in [5.41, 5.74) is 6.27. The van der Waals surface area contributed by atoms with Gasteiger partial charge in [-0.2, -0.15) is 4.99 Å². The molecule has 0 saturated carbocycles. The number of rotatable bonds is 1. The molecule has 0 amide bonds. The minimum absolute atomic E-state index is 0.123. The minimum Gasteiger partial charge on any atom is -0.297 e. The van der Waals surface area contributed by atoms with Gasteiger partial charge in [0.05, 0.1) is 16.4 Å². The summed E-state index contributed by atoms with van der Waals surface area (Å²) in [5, 5.41) is 6.22. The molecule has 2 nitrogen and oxygen atoms in total. The fourth-order valence-electron chi connectivity index (χ4n) is 3.69. The van der Waals surface area contributed by atoms with Crippen molar-refractivity contribution in [1.29, 1.82) is 0 Å². The molecule has 1 N–H and O–H groups in total. The van der Waals surface area contributed by atoms with Crippen molar-refractivity contribution in [2.45, 2.75) is 24.9 Å². The fourth-order valence-corrected chi connectivity index (χ4v) is 3.80. The number of nitrogens with one attached hydrogen (secondary N) is 1. The maximum Gasteiger partial charge on any atom is 0.0743 e. The molecule has 0 saturated heterocycles. The lowest BCUT2D eigenvalue weighted by atomic mass is 9.82. The van der Waals surface area contributed by atoms with E-state index in [0.717, 1.165) is 12.1 Å². The van der Waals surface area contributed by atoms with Crippen molar-refractivity contribution in [3.8, 4) is 0 Å². The fraction of sp³-hybridized carbons (Fsp3) is 0.235. The molecule has 0 aromatic heterocycles. The summed E-state index contributed by atoms with van der Waals surface area (Å²) in [6.45, 7) is 2.26. The molecular weight excluding hydrogens is 264 g/mol. The Labute approximate surface area is 123 Å². The van der Waals surface area contributed by atoms with Gasteiger partial charge >= 0.3 is 0 Å². The molecule has 4 rings (SSSR count). The number of fused-ring (bicyclic) bond motifs is 7. The van der Waals surface area contributed by atoms with Gasteiger partial charge in [0.15, 0.2) is 0 Å². The SMILES string of the molecule is C[C@@]12N[C@@H](Cc3ccc(N=C=S)cc31)c1ccccc12. The third kappa shape index (κ3) is 1.49. The molecule has 0 spiro atoms. The van der Waals surface area contributed by atoms with Gasteiger partial charge in [-0.1, -0.05) is 30.3 Å². The highest BCUT2D eigenvalue weighted by Gasteiger charge is 2.45. The third-order valence-electron chi connectivity index (χ3n) is 4.57. The number of hydrogen-bond acceptors (Lipinski definition) is 3. The molecule has 2 heterocycles. The first-order valence-electron chi connectivity index (χ1n) is 6.81. The highest BCUT2D eigenvalue weighted by molar-refractivity contribution is 7.78. The summed E-state index contributed by atoms with van der Waals surface area (Å²) in [7, 11) is 0. The molecular formula is C17H14N2S. The molecule has 20 heavy (non-hydrogen) atoms. The van der Waals surface area contributed by atoms with Gasteiger partial charge < -0.3 is 0 Å². The molecule has 2 aliphatic rings. The summed E-state index contributed by atoms with van der Waals surface area (Å²) < 4.78 is 0. The Balaban J connectivity index is 1.98. The molecule has 0 unspecified atom stereocenters. The highest BCUT2D eigenvalue weighted by atomic mass is 32.1. The van der Waals surface area contributed by atoms with Crippen LogP contribution in [-0.4, -0.2) is 5.16 Å². The first kappa shape index (κ1) is 12.0. The Hall–Kier alpha value is -1.80. The molecule has 0 aliphatic carbocycles. The normalized spacial score (nSPS) is 25.6. The second-order valence-electron chi connectivity index (χ2n) is 5.66. The van der Waals surface area contributed by atoms with Crippen LogP contribution in [0, 0.1) is 0 Å². The van der Waals surface area contributed by atoms with Crippen LogP contribution in [0.5, 0.6) is 0 Å². The first-order valence-corrected chi connectivity index (χ1v) is 7.21. The average molecular weight is 278 g/mol. The van der Waals surface area contributed by atoms with Gasteiger partial charge in [0.25, 0.3) is 0 Å². The molecule has 2 atom stereocenters. The Morgan fingerprint density at radius 3 is 2.95 bits per heavy atom. The lowest BCUT2D eigenvalue weighted by Gasteiger charge is -2.34. The standard InChI is InChI=1S/C17H14N2S/c1-17-14-5-3-2-4-13(14)16(19-17)8-11-6-7-12(18-10-20)9-15(11)17/h2-7,9,16,19H,8H2,1H3/t16-,17-/m0/s1. The number of benzene rings is 2. The van der Waals surface area contributed by atoms with Crippen molar-refractivity contribution in [3.05, 3.63) is 64.7 Å². The summed E-state index contributed by atoms with van der Waals surface area (Å²) in [6.07, 6.45) is 1.03. The molecule has 3 heteroatoms. The van der Waals surface area contributed by atoms with E-state index in [9.17, 15) is 0 Å². The number of hydrogen-bond donors (Lipinski definition) is 1. The Morgan fingerprint density at radius 1 is 1.25 bits per heavy atom. The predicted molar refractivity (Wildman–Crippen MR) is 83.6 cm³/mol. The smallest absolute Gasteiger partial charge is 0.0743 e. The van der Waals surface area contributed by atoms with Crippen LogP contribution in [0.2, 0.25) is 0 Å². The van der Waals surface area contributed by atoms with Crippen LogP contribution in [0.15, 0.2) is 47.5 Å². The average Bonchev–Trinajstić information content (AvgIpc) is 2.71. The largest absolute Gasteiger partial charge is 0.297 e. The number of isothiocyanates is 1. The van der Waals surface area contributed by atoms with E-state index in [1.165, 1.54) is 22.3 Å². The number of aliphatic imine (C=N–C) groups is 1. The highest BCUT2D eigenvalue weighted by Crippen LogP contribution is 2.48. The summed E-state index contributed by atoms with van der Waals surface area (Å²) >= 11 is 4.71. The minimum atomic E-state index is -0.123. The van der Waals surface area contributed by atoms with Crippen LogP contribution < -0.4 is 5.32 Å². The van der Waals surface area contributed by atoms with Crippen LogP contribution >= 0.6 is 12.2 Å². The van der Waals surface area contributed by atoms with Gasteiger partial charge in [0.1, 0.15) is 0 Å². The zero-order valence-electron chi connectivity index (χ0n) is 11.2. The van der Waals surface area contributed by atoms with E-state index in [1.807, 2.05) is 6.07 Å². The first-order chi connectivity index (χ1) is 9.72. The van der Waals surface area contributed by atoms with E-state index in [2.05, 4.69) is 58.8 Å². The zero-order chi connectivity index (χ0) is 13.7. The van der Waals surface area contributed by atoms with Crippen molar-refractivity contribution < 1.29 is 0 Å². The summed E-state index contributed by atoms with van der Waals surface area (Å²) in [4.78, 5) is 4.12. The molecule has 98 valence electrons. The van der Waals surface area contributed by atoms with E-state index in [4.69, 9.17) is 12.2 Å². The monoisotopic (exact) mass is 278 g/mol. The molecule has 0 radical (unpaired) electrons. The van der Waals surface area contributed by atoms with Crippen molar-refractivity contribution in [2.75, 3.05) is 0 Å². The predicted octanol–water partition coefficient (Wildman–Crippen LogP) is 3.88. The Kier molecular flexibility index (Phi) is 2.45. The Bertz CT molecular complexity index is 761. The van der Waals surface area contributed by atoms with Gasteiger partial charge in [0, 0.05) is 6.04 Å². The second-order valence-corrected chi connectivity index (χ2v) is 5.84. The second kappa shape index (κ2) is 4.10. The van der Waals surface area contributed by atoms with Crippen LogP contribution in [0.25, 0.3) is 0 Å². The molecule has 2 bridgehead atoms. The third-order valence-corrected chi connectivity index (χ3v) is 4.66. The van der Waals surface area contributed by atoms with Gasteiger partial charge in [-0.3, -0.25) is 5.32 Å². The maximum atomic E-state index is 4.71. The van der Waals surface area contributed by atoms with E-state index >= 15 is 0 Å². The van der Waals surface area contributed by atoms with Crippen molar-refractivity contribution in [3.63, 3.8) is 0 Å². The molecule has 2 aliphatic heterocycles. The van der Waals surface area contributed by atoms with Crippen molar-refractivity contribution >= 4 is 23.1 Å². The summed E-state index contributed by atoms with van der Waals surface area (Å²) in [6, 6.07) is 15.5. The van der Waals surface area contributed by atoms with E-state index in [1.54, 1.807) is 0 Å². The molecule has 2 aromatic carbocycles. The lowest BCUT2D eigenvalue weighted by molar-refractivity contribution is 0.389. The topological polar surface area (TPSA) is 24.4 Å². The van der Waals surface area contributed by atoms with E-state index in [-0.39, 0.29) is 5.54 Å². The van der Waals surface area contributed by atoms with Crippen LogP contribution in [0.4, 0.5) is 5.69 Å².